The van der Waals surface area contributed by atoms with Gasteiger partial charge in [-0.05, 0) is 30.9 Å². The van der Waals surface area contributed by atoms with Crippen LogP contribution in [0.4, 0.5) is 0 Å². The molecular formula is C14H20N2O. The number of hydrogen-bond donors (Lipinski definition) is 1. The Morgan fingerprint density at radius 3 is 2.88 bits per heavy atom. The summed E-state index contributed by atoms with van der Waals surface area (Å²) >= 11 is 0. The van der Waals surface area contributed by atoms with Gasteiger partial charge in [0, 0.05) is 12.1 Å². The summed E-state index contributed by atoms with van der Waals surface area (Å²) in [5, 5.41) is 2.97. The van der Waals surface area contributed by atoms with Gasteiger partial charge in [0.2, 0.25) is 5.91 Å². The number of hydrogen-bond acceptors (Lipinski definition) is 2. The summed E-state index contributed by atoms with van der Waals surface area (Å²) in [4.78, 5) is 16.2. The van der Waals surface area contributed by atoms with Crippen molar-refractivity contribution in [1.29, 1.82) is 0 Å². The summed E-state index contributed by atoms with van der Waals surface area (Å²) in [6.45, 7) is 2.58. The van der Waals surface area contributed by atoms with Gasteiger partial charge < -0.3 is 5.32 Å². The van der Waals surface area contributed by atoms with Gasteiger partial charge in [-0.1, -0.05) is 25.8 Å². The second kappa shape index (κ2) is 5.80. The molecule has 1 N–H and O–H groups in total. The fourth-order valence-electron chi connectivity index (χ4n) is 2.51. The van der Waals surface area contributed by atoms with Gasteiger partial charge in [-0.2, -0.15) is 0 Å². The maximum Gasteiger partial charge on any atom is 0.223 e. The SMILES string of the molecule is CC(C(=O)NCc1ccccn1)C1CCCC1. The van der Waals surface area contributed by atoms with Gasteiger partial charge >= 0.3 is 0 Å². The van der Waals surface area contributed by atoms with E-state index in [4.69, 9.17) is 0 Å². The Morgan fingerprint density at radius 1 is 1.47 bits per heavy atom. The Bertz CT molecular complexity index is 358. The Kier molecular flexibility index (Phi) is 4.13. The molecule has 92 valence electrons. The minimum atomic E-state index is 0.140. The van der Waals surface area contributed by atoms with Crippen molar-refractivity contribution >= 4 is 5.91 Å². The molecule has 0 bridgehead atoms. The van der Waals surface area contributed by atoms with Crippen LogP contribution in [-0.2, 0) is 11.3 Å². The Labute approximate surface area is 103 Å². The first kappa shape index (κ1) is 12.1. The molecule has 1 aromatic heterocycles. The van der Waals surface area contributed by atoms with Crippen LogP contribution < -0.4 is 5.32 Å². The molecule has 1 fully saturated rings. The van der Waals surface area contributed by atoms with Crippen LogP contribution in [0.1, 0.15) is 38.3 Å². The monoisotopic (exact) mass is 232 g/mol. The lowest BCUT2D eigenvalue weighted by molar-refractivity contribution is -0.126. The molecule has 1 aliphatic rings. The van der Waals surface area contributed by atoms with Crippen LogP contribution in [0.2, 0.25) is 0 Å². The van der Waals surface area contributed by atoms with E-state index in [0.717, 1.165) is 5.69 Å². The van der Waals surface area contributed by atoms with E-state index in [9.17, 15) is 4.79 Å². The van der Waals surface area contributed by atoms with Crippen molar-refractivity contribution in [3.8, 4) is 0 Å². The van der Waals surface area contributed by atoms with Crippen molar-refractivity contribution in [2.45, 2.75) is 39.2 Å². The average Bonchev–Trinajstić information content (AvgIpc) is 2.90. The average molecular weight is 232 g/mol. The van der Waals surface area contributed by atoms with Crippen LogP contribution in [0.25, 0.3) is 0 Å². The van der Waals surface area contributed by atoms with Crippen molar-refractivity contribution in [3.05, 3.63) is 30.1 Å². The molecule has 17 heavy (non-hydrogen) atoms. The van der Waals surface area contributed by atoms with Gasteiger partial charge in [-0.15, -0.1) is 0 Å². The molecule has 3 heteroatoms. The minimum absolute atomic E-state index is 0.140. The number of nitrogens with zero attached hydrogens (tertiary/aromatic N) is 1. The second-order valence-corrected chi connectivity index (χ2v) is 4.87. The standard InChI is InChI=1S/C14H20N2O/c1-11(12-6-2-3-7-12)14(17)16-10-13-8-4-5-9-15-13/h4-5,8-9,11-12H,2-3,6-7,10H2,1H3,(H,16,17). The number of carbonyl (C=O) groups is 1. The predicted octanol–water partition coefficient (Wildman–Crippen LogP) is 2.52. The molecule has 0 aliphatic heterocycles. The number of amides is 1. The summed E-state index contributed by atoms with van der Waals surface area (Å²) in [5.74, 6) is 0.891. The zero-order chi connectivity index (χ0) is 12.1. The van der Waals surface area contributed by atoms with Crippen LogP contribution in [0, 0.1) is 11.8 Å². The van der Waals surface area contributed by atoms with Crippen LogP contribution in [0.5, 0.6) is 0 Å². The van der Waals surface area contributed by atoms with Crippen LogP contribution in [0.3, 0.4) is 0 Å². The summed E-state index contributed by atoms with van der Waals surface area (Å²) in [7, 11) is 0. The van der Waals surface area contributed by atoms with Crippen molar-refractivity contribution in [2.75, 3.05) is 0 Å². The van der Waals surface area contributed by atoms with Crippen LogP contribution in [-0.4, -0.2) is 10.9 Å². The van der Waals surface area contributed by atoms with Crippen LogP contribution >= 0.6 is 0 Å². The molecule has 2 rings (SSSR count). The zero-order valence-electron chi connectivity index (χ0n) is 10.4. The van der Waals surface area contributed by atoms with Gasteiger partial charge in [0.1, 0.15) is 0 Å². The van der Waals surface area contributed by atoms with Gasteiger partial charge in [0.05, 0.1) is 12.2 Å². The largest absolute Gasteiger partial charge is 0.350 e. The lowest BCUT2D eigenvalue weighted by atomic mass is 9.92. The van der Waals surface area contributed by atoms with Crippen molar-refractivity contribution in [1.82, 2.24) is 10.3 Å². The third-order valence-corrected chi connectivity index (χ3v) is 3.69. The molecule has 0 spiro atoms. The second-order valence-electron chi connectivity index (χ2n) is 4.87. The van der Waals surface area contributed by atoms with E-state index in [-0.39, 0.29) is 11.8 Å². The van der Waals surface area contributed by atoms with E-state index in [1.165, 1.54) is 25.7 Å². The summed E-state index contributed by atoms with van der Waals surface area (Å²) in [6.07, 6.45) is 6.73. The smallest absolute Gasteiger partial charge is 0.223 e. The van der Waals surface area contributed by atoms with Gasteiger partial charge in [0.25, 0.3) is 0 Å². The van der Waals surface area contributed by atoms with Crippen LogP contribution in [0.15, 0.2) is 24.4 Å². The zero-order valence-corrected chi connectivity index (χ0v) is 10.4. The molecule has 0 radical (unpaired) electrons. The van der Waals surface area contributed by atoms with E-state index >= 15 is 0 Å². The third kappa shape index (κ3) is 3.29. The molecule has 1 heterocycles. The summed E-state index contributed by atoms with van der Waals surface area (Å²) in [6, 6.07) is 5.75. The van der Waals surface area contributed by atoms with E-state index in [0.29, 0.717) is 12.5 Å². The first-order valence-electron chi connectivity index (χ1n) is 6.45. The Balaban J connectivity index is 1.80. The van der Waals surface area contributed by atoms with Crippen molar-refractivity contribution < 1.29 is 4.79 Å². The Morgan fingerprint density at radius 2 is 2.24 bits per heavy atom. The highest BCUT2D eigenvalue weighted by Crippen LogP contribution is 2.31. The molecule has 0 aromatic carbocycles. The highest BCUT2D eigenvalue weighted by Gasteiger charge is 2.26. The molecule has 0 saturated heterocycles. The van der Waals surface area contributed by atoms with Crippen molar-refractivity contribution in [2.24, 2.45) is 11.8 Å². The highest BCUT2D eigenvalue weighted by atomic mass is 16.1. The molecular weight excluding hydrogens is 212 g/mol. The number of carbonyl (C=O) groups excluding carboxylic acids is 1. The van der Waals surface area contributed by atoms with Gasteiger partial charge in [-0.3, -0.25) is 9.78 Å². The predicted molar refractivity (Wildman–Crippen MR) is 67.2 cm³/mol. The molecule has 1 atom stereocenters. The van der Waals surface area contributed by atoms with Gasteiger partial charge in [0.15, 0.2) is 0 Å². The van der Waals surface area contributed by atoms with E-state index in [1.54, 1.807) is 6.20 Å². The third-order valence-electron chi connectivity index (χ3n) is 3.69. The molecule has 3 nitrogen and oxygen atoms in total. The maximum atomic E-state index is 12.0. The molecule has 1 aliphatic carbocycles. The lowest BCUT2D eigenvalue weighted by Crippen LogP contribution is -2.32. The number of aromatic nitrogens is 1. The van der Waals surface area contributed by atoms with E-state index in [1.807, 2.05) is 25.1 Å². The topological polar surface area (TPSA) is 42.0 Å². The molecule has 1 aromatic rings. The minimum Gasteiger partial charge on any atom is -0.350 e. The first-order valence-corrected chi connectivity index (χ1v) is 6.45. The fourth-order valence-corrected chi connectivity index (χ4v) is 2.51. The lowest BCUT2D eigenvalue weighted by Gasteiger charge is -2.18. The summed E-state index contributed by atoms with van der Waals surface area (Å²) < 4.78 is 0. The fraction of sp³-hybridized carbons (Fsp3) is 0.571. The molecule has 1 unspecified atom stereocenters. The Hall–Kier alpha value is -1.38. The van der Waals surface area contributed by atoms with Crippen molar-refractivity contribution in [3.63, 3.8) is 0 Å². The summed E-state index contributed by atoms with van der Waals surface area (Å²) in [5.41, 5.74) is 0.916. The maximum absolute atomic E-state index is 12.0. The van der Waals surface area contributed by atoms with E-state index < -0.39 is 0 Å². The first-order chi connectivity index (χ1) is 8.27. The quantitative estimate of drug-likeness (QED) is 0.866. The number of nitrogens with one attached hydrogen (secondary N) is 1. The van der Waals surface area contributed by atoms with Gasteiger partial charge in [-0.25, -0.2) is 0 Å². The number of rotatable bonds is 4. The number of pyridine rings is 1. The molecule has 1 saturated carbocycles. The molecule has 1 amide bonds. The van der Waals surface area contributed by atoms with E-state index in [2.05, 4.69) is 10.3 Å². The highest BCUT2D eigenvalue weighted by molar-refractivity contribution is 5.78. The normalized spacial score (nSPS) is 17.9.